The van der Waals surface area contributed by atoms with Crippen LogP contribution in [0.4, 0.5) is 0 Å². The summed E-state index contributed by atoms with van der Waals surface area (Å²) in [6.45, 7) is 11.7. The van der Waals surface area contributed by atoms with Crippen LogP contribution in [0.1, 0.15) is 192 Å². The van der Waals surface area contributed by atoms with Crippen LogP contribution >= 0.6 is 0 Å². The molecule has 3 aromatic rings. The van der Waals surface area contributed by atoms with Crippen molar-refractivity contribution >= 4 is 47.5 Å². The number of carbonyl (C=O) groups excluding carboxylic acids is 8. The Morgan fingerprint density at radius 3 is 1.07 bits per heavy atom. The van der Waals surface area contributed by atoms with E-state index in [1.165, 1.54) is 129 Å². The van der Waals surface area contributed by atoms with E-state index in [4.69, 9.17) is 9.47 Å². The number of nitrogens with zero attached hydrogens (tertiary/aromatic N) is 4. The van der Waals surface area contributed by atoms with E-state index in [1.807, 2.05) is 95.9 Å². The fourth-order valence-corrected chi connectivity index (χ4v) is 11.2. The minimum absolute atomic E-state index is 0.0178. The predicted octanol–water partition coefficient (Wildman–Crippen LogP) is 12.3. The summed E-state index contributed by atoms with van der Waals surface area (Å²) < 4.78 is 19.8. The first-order valence-electron chi connectivity index (χ1n) is 32.5. The van der Waals surface area contributed by atoms with Gasteiger partial charge in [-0.3, -0.25) is 38.4 Å². The quantitative estimate of drug-likeness (QED) is 0.0313. The number of rotatable bonds is 34. The number of carbonyl (C=O) groups is 8. The van der Waals surface area contributed by atoms with Gasteiger partial charge in [0.2, 0.25) is 23.6 Å². The fraction of sp³-hybridized carbons (Fsp3) is 0.629. The van der Waals surface area contributed by atoms with Gasteiger partial charge >= 0.3 is 23.9 Å². The van der Waals surface area contributed by atoms with Crippen molar-refractivity contribution in [3.63, 3.8) is 0 Å². The first kappa shape index (κ1) is 71.9. The van der Waals surface area contributed by atoms with Crippen LogP contribution < -0.4 is 0 Å². The second kappa shape index (κ2) is 43.1. The summed E-state index contributed by atoms with van der Waals surface area (Å²) in [5, 5.41) is 0. The molecule has 0 N–H and O–H groups in total. The van der Waals surface area contributed by atoms with E-state index in [1.54, 1.807) is 21.6 Å². The molecule has 0 spiro atoms. The number of amides is 4. The Hall–Kier alpha value is -6.58. The summed E-state index contributed by atoms with van der Waals surface area (Å²) in [6.07, 6.45) is 27.6. The molecule has 4 aliphatic heterocycles. The number of likely N-dealkylation sites (tertiary alicyclic amines) is 4. The lowest BCUT2D eigenvalue weighted by molar-refractivity contribution is -0.149. The Balaban J connectivity index is 0.000000250. The molecule has 7 rings (SSSR count). The van der Waals surface area contributed by atoms with Gasteiger partial charge < -0.3 is 38.5 Å². The van der Waals surface area contributed by atoms with E-state index in [-0.39, 0.29) is 90.4 Å². The molecule has 4 aliphatic rings. The van der Waals surface area contributed by atoms with E-state index in [9.17, 15) is 38.4 Å². The highest BCUT2D eigenvalue weighted by molar-refractivity contribution is 5.88. The lowest BCUT2D eigenvalue weighted by Gasteiger charge is -2.16. The average Bonchev–Trinajstić information content (AvgIpc) is 4.45. The molecule has 0 saturated carbocycles. The summed E-state index contributed by atoms with van der Waals surface area (Å²) in [7, 11) is 2.71. The highest BCUT2D eigenvalue weighted by Gasteiger charge is 2.38. The zero-order chi connectivity index (χ0) is 62.2. The van der Waals surface area contributed by atoms with Crippen molar-refractivity contribution in [2.45, 2.75) is 194 Å². The molecule has 4 amide bonds. The molecule has 0 aliphatic carbocycles. The van der Waals surface area contributed by atoms with Gasteiger partial charge in [-0.25, -0.2) is 0 Å². The van der Waals surface area contributed by atoms with Crippen LogP contribution in [0, 0.1) is 23.7 Å². The Morgan fingerprint density at radius 2 is 0.686 bits per heavy atom. The molecule has 3 aromatic carbocycles. The second-order valence-corrected chi connectivity index (χ2v) is 23.4. The normalized spacial score (nSPS) is 18.0. The Bertz CT molecular complexity index is 2430. The highest BCUT2D eigenvalue weighted by Crippen LogP contribution is 2.25. The summed E-state index contributed by atoms with van der Waals surface area (Å²) in [6, 6.07) is 29.7. The molecule has 86 heavy (non-hydrogen) atoms. The lowest BCUT2D eigenvalue weighted by atomic mass is 10.1. The standard InChI is InChI=1S/C24H37NO3.C19H35NO3.C14H17NO3.C13H15NO3/c1-2-3-4-5-6-7-8-9-10-14-17-28-24(27)22-18-23(26)25(20-22)19-21-15-12-11-13-16-21;1-3-5-6-7-8-9-10-11-12-13-14-20-16-17(15-18(20)21)19(22)23-4-2;1-18-14(17)12-9-13(16)15(10-12)8-7-11-5-3-2-4-6-11;1-17-13(16)11-7-12(15)14(9-11)8-10-5-3-2-4-6-10/h11-13,15-16,22H,2-10,14,17-20H2,1H3;17H,3-16H2,1-2H3;2-6,12H,7-10H2,1H3;2-6,11H,7-9H2,1H3. The molecular weight excluding hydrogens is 1090 g/mol. The predicted molar refractivity (Wildman–Crippen MR) is 335 cm³/mol. The number of hydrogen-bond acceptors (Lipinski definition) is 12. The largest absolute Gasteiger partial charge is 0.469 e. The maximum Gasteiger partial charge on any atom is 0.311 e. The van der Waals surface area contributed by atoms with Crippen molar-refractivity contribution in [2.75, 3.05) is 66.7 Å². The van der Waals surface area contributed by atoms with E-state index < -0.39 is 0 Å². The molecule has 0 radical (unpaired) electrons. The fourth-order valence-electron chi connectivity index (χ4n) is 11.2. The summed E-state index contributed by atoms with van der Waals surface area (Å²) in [5.41, 5.74) is 3.37. The van der Waals surface area contributed by atoms with Crippen molar-refractivity contribution < 1.29 is 57.3 Å². The molecule has 4 atom stereocenters. The van der Waals surface area contributed by atoms with Crippen LogP contribution in [-0.2, 0) is 76.8 Å². The second-order valence-electron chi connectivity index (χ2n) is 23.4. The summed E-state index contributed by atoms with van der Waals surface area (Å²) in [4.78, 5) is 101. The monoisotopic (exact) mass is 1190 g/mol. The van der Waals surface area contributed by atoms with Crippen LogP contribution in [0.3, 0.4) is 0 Å². The van der Waals surface area contributed by atoms with Gasteiger partial charge in [0.05, 0.1) is 51.1 Å². The third-order valence-electron chi connectivity index (χ3n) is 16.3. The van der Waals surface area contributed by atoms with E-state index in [0.717, 1.165) is 43.4 Å². The average molecular weight is 1190 g/mol. The third kappa shape index (κ3) is 28.3. The van der Waals surface area contributed by atoms with Gasteiger partial charge in [-0.2, -0.15) is 0 Å². The van der Waals surface area contributed by atoms with Crippen LogP contribution in [-0.4, -0.2) is 134 Å². The number of esters is 4. The van der Waals surface area contributed by atoms with Gasteiger partial charge in [0.15, 0.2) is 0 Å². The maximum atomic E-state index is 12.2. The summed E-state index contributed by atoms with van der Waals surface area (Å²) in [5.74, 6) is -1.94. The summed E-state index contributed by atoms with van der Waals surface area (Å²) >= 11 is 0. The molecule has 4 fully saturated rings. The van der Waals surface area contributed by atoms with Gasteiger partial charge in [-0.15, -0.1) is 0 Å². The molecule has 0 aromatic heterocycles. The van der Waals surface area contributed by atoms with Gasteiger partial charge in [0.25, 0.3) is 0 Å². The van der Waals surface area contributed by atoms with Crippen LogP contribution in [0.15, 0.2) is 91.0 Å². The Labute approximate surface area is 514 Å². The molecule has 4 heterocycles. The molecule has 4 unspecified atom stereocenters. The van der Waals surface area contributed by atoms with Crippen molar-refractivity contribution in [1.29, 1.82) is 0 Å². The number of methoxy groups -OCH3 is 2. The molecule has 16 heteroatoms. The number of benzene rings is 3. The van der Waals surface area contributed by atoms with Gasteiger partial charge in [-0.1, -0.05) is 220 Å². The third-order valence-corrected chi connectivity index (χ3v) is 16.3. The van der Waals surface area contributed by atoms with Crippen LogP contribution in [0.25, 0.3) is 0 Å². The minimum Gasteiger partial charge on any atom is -0.469 e. The van der Waals surface area contributed by atoms with Gasteiger partial charge in [-0.05, 0) is 42.9 Å². The van der Waals surface area contributed by atoms with Gasteiger partial charge in [0, 0.05) is 78.0 Å². The molecule has 16 nitrogen and oxygen atoms in total. The smallest absolute Gasteiger partial charge is 0.311 e. The molecule has 4 saturated heterocycles. The van der Waals surface area contributed by atoms with Crippen LogP contribution in [0.5, 0.6) is 0 Å². The molecule has 0 bridgehead atoms. The SMILES string of the molecule is CCCCCCCCCCCCN1CC(C(=O)OCC)CC1=O.CCCCCCCCCCCCOC(=O)C1CC(=O)N(Cc2ccccc2)C1.COC(=O)C1CC(=O)N(CCc2ccccc2)C1.COC(=O)C1CC(=O)N(Cc2ccccc2)C1. The Morgan fingerprint density at radius 1 is 0.372 bits per heavy atom. The van der Waals surface area contributed by atoms with Crippen molar-refractivity contribution in [2.24, 2.45) is 23.7 Å². The zero-order valence-corrected chi connectivity index (χ0v) is 52.9. The van der Waals surface area contributed by atoms with E-state index in [2.05, 4.69) is 23.3 Å². The maximum absolute atomic E-state index is 12.2. The number of hydrogen-bond donors (Lipinski definition) is 0. The minimum atomic E-state index is -0.309. The van der Waals surface area contributed by atoms with Crippen molar-refractivity contribution in [3.05, 3.63) is 108 Å². The van der Waals surface area contributed by atoms with E-state index >= 15 is 0 Å². The lowest BCUT2D eigenvalue weighted by Crippen LogP contribution is -2.28. The number of unbranched alkanes of at least 4 members (excludes halogenated alkanes) is 18. The first-order chi connectivity index (χ1) is 41.8. The highest BCUT2D eigenvalue weighted by atomic mass is 16.5. The Kier molecular flexibility index (Phi) is 36.0. The van der Waals surface area contributed by atoms with Gasteiger partial charge in [0.1, 0.15) is 0 Å². The molecule has 476 valence electrons. The topological polar surface area (TPSA) is 186 Å². The van der Waals surface area contributed by atoms with Crippen LogP contribution in [0.2, 0.25) is 0 Å². The first-order valence-corrected chi connectivity index (χ1v) is 32.5. The zero-order valence-electron chi connectivity index (χ0n) is 52.9. The van der Waals surface area contributed by atoms with E-state index in [0.29, 0.717) is 65.4 Å². The van der Waals surface area contributed by atoms with Crippen molar-refractivity contribution in [3.8, 4) is 0 Å². The van der Waals surface area contributed by atoms with Crippen molar-refractivity contribution in [1.82, 2.24) is 19.6 Å². The number of ether oxygens (including phenoxy) is 4. The molecular formula is C70H104N4O12.